The van der Waals surface area contributed by atoms with Gasteiger partial charge >= 0.3 is 6.18 Å². The number of aromatic nitrogens is 1. The van der Waals surface area contributed by atoms with Crippen LogP contribution in [-0.4, -0.2) is 4.98 Å². The molecular weight excluding hydrogens is 361 g/mol. The minimum atomic E-state index is -4.46. The summed E-state index contributed by atoms with van der Waals surface area (Å²) in [6.07, 6.45) is 0.287. The summed E-state index contributed by atoms with van der Waals surface area (Å²) >= 11 is 0. The molecule has 0 aliphatic carbocycles. The molecule has 3 aromatic rings. The van der Waals surface area contributed by atoms with Gasteiger partial charge < -0.3 is 0 Å². The highest BCUT2D eigenvalue weighted by Crippen LogP contribution is 2.31. The van der Waals surface area contributed by atoms with Crippen molar-refractivity contribution < 1.29 is 13.2 Å². The molecule has 138 valence electrons. The lowest BCUT2D eigenvalue weighted by Gasteiger charge is -2.08. The summed E-state index contributed by atoms with van der Waals surface area (Å²) < 4.78 is 39.5. The van der Waals surface area contributed by atoms with E-state index in [4.69, 9.17) is 5.26 Å². The quantitative estimate of drug-likeness (QED) is 0.592. The second kappa shape index (κ2) is 8.41. The van der Waals surface area contributed by atoms with Crippen LogP contribution in [0.5, 0.6) is 0 Å². The standard InChI is InChI=1S/C23H15F3N2/c24-23(25,26)22-6-2-1-5-20(22)12-11-19-9-8-18(15-27)14-21(19)10-7-17-4-3-13-28-16-17/h1-6,8-9,13-14,16H,7,10H2. The molecule has 28 heavy (non-hydrogen) atoms. The minimum absolute atomic E-state index is 0.0717. The van der Waals surface area contributed by atoms with Gasteiger partial charge in [0.25, 0.3) is 0 Å². The monoisotopic (exact) mass is 376 g/mol. The molecule has 1 heterocycles. The molecule has 0 aliphatic heterocycles. The van der Waals surface area contributed by atoms with E-state index in [1.54, 1.807) is 30.6 Å². The van der Waals surface area contributed by atoms with E-state index < -0.39 is 11.7 Å². The third-order valence-electron chi connectivity index (χ3n) is 4.20. The summed E-state index contributed by atoms with van der Waals surface area (Å²) in [5.74, 6) is 5.50. The topological polar surface area (TPSA) is 36.7 Å². The number of halogens is 3. The summed E-state index contributed by atoms with van der Waals surface area (Å²) in [5.41, 5.74) is 2.12. The summed E-state index contributed by atoms with van der Waals surface area (Å²) in [7, 11) is 0. The molecule has 5 heteroatoms. The van der Waals surface area contributed by atoms with E-state index in [1.807, 2.05) is 12.1 Å². The lowest BCUT2D eigenvalue weighted by atomic mass is 9.98. The largest absolute Gasteiger partial charge is 0.417 e. The predicted octanol–water partition coefficient (Wildman–Crippen LogP) is 5.16. The van der Waals surface area contributed by atoms with Gasteiger partial charge in [0, 0.05) is 23.5 Å². The van der Waals surface area contributed by atoms with Gasteiger partial charge in [-0.05, 0) is 60.4 Å². The van der Waals surface area contributed by atoms with Crippen LogP contribution in [0, 0.1) is 23.2 Å². The number of nitriles is 1. The normalized spacial score (nSPS) is 10.6. The number of alkyl halides is 3. The Morgan fingerprint density at radius 2 is 1.68 bits per heavy atom. The molecule has 2 nitrogen and oxygen atoms in total. The average molecular weight is 376 g/mol. The highest BCUT2D eigenvalue weighted by Gasteiger charge is 2.32. The Kier molecular flexibility index (Phi) is 5.77. The zero-order valence-corrected chi connectivity index (χ0v) is 14.8. The third kappa shape index (κ3) is 4.78. The van der Waals surface area contributed by atoms with E-state index in [2.05, 4.69) is 22.9 Å². The van der Waals surface area contributed by atoms with E-state index in [1.165, 1.54) is 18.2 Å². The maximum Gasteiger partial charge on any atom is 0.417 e. The number of benzene rings is 2. The fourth-order valence-electron chi connectivity index (χ4n) is 2.79. The summed E-state index contributed by atoms with van der Waals surface area (Å²) in [4.78, 5) is 4.07. The Morgan fingerprint density at radius 3 is 2.39 bits per heavy atom. The van der Waals surface area contributed by atoms with Gasteiger partial charge in [-0.1, -0.05) is 30.0 Å². The third-order valence-corrected chi connectivity index (χ3v) is 4.20. The number of rotatable bonds is 3. The number of hydrogen-bond acceptors (Lipinski definition) is 2. The van der Waals surface area contributed by atoms with Crippen LogP contribution in [0.2, 0.25) is 0 Å². The zero-order chi connectivity index (χ0) is 20.0. The Balaban J connectivity index is 1.94. The van der Waals surface area contributed by atoms with Crippen molar-refractivity contribution in [1.82, 2.24) is 4.98 Å². The first-order valence-corrected chi connectivity index (χ1v) is 8.57. The lowest BCUT2D eigenvalue weighted by molar-refractivity contribution is -0.137. The van der Waals surface area contributed by atoms with E-state index in [-0.39, 0.29) is 5.56 Å². The zero-order valence-electron chi connectivity index (χ0n) is 14.8. The van der Waals surface area contributed by atoms with Gasteiger partial charge in [-0.3, -0.25) is 4.98 Å². The number of pyridine rings is 1. The summed E-state index contributed by atoms with van der Waals surface area (Å²) in [6, 6.07) is 16.2. The molecule has 3 rings (SSSR count). The van der Waals surface area contributed by atoms with Crippen molar-refractivity contribution in [2.75, 3.05) is 0 Å². The molecule has 0 bridgehead atoms. The second-order valence-corrected chi connectivity index (χ2v) is 6.14. The fraction of sp³-hybridized carbons (Fsp3) is 0.130. The van der Waals surface area contributed by atoms with Crippen molar-refractivity contribution in [1.29, 1.82) is 5.26 Å². The fourth-order valence-corrected chi connectivity index (χ4v) is 2.79. The van der Waals surface area contributed by atoms with Crippen LogP contribution in [-0.2, 0) is 19.0 Å². The van der Waals surface area contributed by atoms with Crippen molar-refractivity contribution in [3.05, 3.63) is 100 Å². The van der Waals surface area contributed by atoms with Gasteiger partial charge in [-0.2, -0.15) is 18.4 Å². The van der Waals surface area contributed by atoms with Gasteiger partial charge in [0.2, 0.25) is 0 Å². The minimum Gasteiger partial charge on any atom is -0.264 e. The van der Waals surface area contributed by atoms with Crippen LogP contribution in [0.25, 0.3) is 0 Å². The second-order valence-electron chi connectivity index (χ2n) is 6.14. The van der Waals surface area contributed by atoms with Crippen LogP contribution in [0.4, 0.5) is 13.2 Å². The molecule has 2 aromatic carbocycles. The molecule has 0 amide bonds. The van der Waals surface area contributed by atoms with Crippen LogP contribution in [0.15, 0.2) is 67.0 Å². The summed E-state index contributed by atoms with van der Waals surface area (Å²) in [5, 5.41) is 9.15. The molecular formula is C23H15F3N2. The molecule has 0 N–H and O–H groups in total. The van der Waals surface area contributed by atoms with Crippen LogP contribution in [0.3, 0.4) is 0 Å². The maximum atomic E-state index is 13.2. The van der Waals surface area contributed by atoms with Crippen LogP contribution >= 0.6 is 0 Å². The molecule has 1 aromatic heterocycles. The lowest BCUT2D eigenvalue weighted by Crippen LogP contribution is -2.07. The molecule has 0 spiro atoms. The predicted molar refractivity (Wildman–Crippen MR) is 100 cm³/mol. The SMILES string of the molecule is N#Cc1ccc(C#Cc2ccccc2C(F)(F)F)c(CCc2cccnc2)c1. The van der Waals surface area contributed by atoms with E-state index in [9.17, 15) is 13.2 Å². The first-order valence-electron chi connectivity index (χ1n) is 8.57. The molecule has 0 saturated heterocycles. The Bertz CT molecular complexity index is 1070. The molecule has 0 saturated carbocycles. The Hall–Kier alpha value is -3.57. The van der Waals surface area contributed by atoms with Crippen molar-refractivity contribution >= 4 is 0 Å². The van der Waals surface area contributed by atoms with Gasteiger partial charge in [-0.15, -0.1) is 0 Å². The Morgan fingerprint density at radius 1 is 0.893 bits per heavy atom. The van der Waals surface area contributed by atoms with E-state index >= 15 is 0 Å². The smallest absolute Gasteiger partial charge is 0.264 e. The van der Waals surface area contributed by atoms with Gasteiger partial charge in [0.05, 0.1) is 17.2 Å². The van der Waals surface area contributed by atoms with Crippen molar-refractivity contribution in [2.24, 2.45) is 0 Å². The Labute approximate surface area is 161 Å². The summed E-state index contributed by atoms with van der Waals surface area (Å²) in [6.45, 7) is 0. The number of nitrogens with zero attached hydrogens (tertiary/aromatic N) is 2. The van der Waals surface area contributed by atoms with Gasteiger partial charge in [0.15, 0.2) is 0 Å². The van der Waals surface area contributed by atoms with Crippen molar-refractivity contribution in [2.45, 2.75) is 19.0 Å². The highest BCUT2D eigenvalue weighted by molar-refractivity contribution is 5.51. The number of hydrogen-bond donors (Lipinski definition) is 0. The molecule has 0 fully saturated rings. The van der Waals surface area contributed by atoms with Gasteiger partial charge in [0.1, 0.15) is 0 Å². The first kappa shape index (κ1) is 19.2. The molecule has 0 aliphatic rings. The maximum absolute atomic E-state index is 13.2. The van der Waals surface area contributed by atoms with Crippen molar-refractivity contribution in [3.8, 4) is 17.9 Å². The van der Waals surface area contributed by atoms with Crippen LogP contribution < -0.4 is 0 Å². The van der Waals surface area contributed by atoms with E-state index in [0.717, 1.165) is 17.2 Å². The molecule has 0 radical (unpaired) electrons. The van der Waals surface area contributed by atoms with Crippen LogP contribution in [0.1, 0.15) is 33.4 Å². The van der Waals surface area contributed by atoms with E-state index in [0.29, 0.717) is 24.0 Å². The number of aryl methyl sites for hydroxylation is 2. The highest BCUT2D eigenvalue weighted by atomic mass is 19.4. The molecule has 0 atom stereocenters. The van der Waals surface area contributed by atoms with Crippen molar-refractivity contribution in [3.63, 3.8) is 0 Å². The van der Waals surface area contributed by atoms with Gasteiger partial charge in [-0.25, -0.2) is 0 Å². The first-order chi connectivity index (χ1) is 13.5. The average Bonchev–Trinajstić information content (AvgIpc) is 2.71. The molecule has 0 unspecified atom stereocenters.